The zero-order valence-electron chi connectivity index (χ0n) is 14.2. The molecule has 3 nitrogen and oxygen atoms in total. The quantitative estimate of drug-likeness (QED) is 0.735. The maximum atomic E-state index is 10.5. The molecule has 1 N–H and O–H groups in total. The van der Waals surface area contributed by atoms with E-state index in [1.165, 1.54) is 33.7 Å². The van der Waals surface area contributed by atoms with E-state index in [1.807, 2.05) is 17.4 Å². The van der Waals surface area contributed by atoms with Gasteiger partial charge in [0.2, 0.25) is 0 Å². The Morgan fingerprint density at radius 1 is 1.12 bits per heavy atom. The molecule has 0 bridgehead atoms. The molecule has 0 spiro atoms. The van der Waals surface area contributed by atoms with Crippen molar-refractivity contribution in [3.63, 3.8) is 0 Å². The van der Waals surface area contributed by atoms with Crippen LogP contribution in [0.1, 0.15) is 47.0 Å². The highest BCUT2D eigenvalue weighted by molar-refractivity contribution is 7.18. The van der Waals surface area contributed by atoms with Gasteiger partial charge in [-0.15, -0.1) is 11.3 Å². The normalized spacial score (nSPS) is 20.4. The predicted octanol–water partition coefficient (Wildman–Crippen LogP) is 4.83. The van der Waals surface area contributed by atoms with Crippen LogP contribution in [-0.2, 0) is 19.4 Å². The highest BCUT2D eigenvalue weighted by atomic mass is 32.1. The van der Waals surface area contributed by atoms with Gasteiger partial charge in [-0.1, -0.05) is 18.2 Å². The highest BCUT2D eigenvalue weighted by Gasteiger charge is 2.29. The minimum absolute atomic E-state index is 0.380. The van der Waals surface area contributed by atoms with E-state index in [-0.39, 0.29) is 0 Å². The lowest BCUT2D eigenvalue weighted by atomic mass is 10.0. The Morgan fingerprint density at radius 2 is 1.96 bits per heavy atom. The third-order valence-electron chi connectivity index (χ3n) is 5.63. The molecule has 128 valence electrons. The summed E-state index contributed by atoms with van der Waals surface area (Å²) in [6, 6.07) is 13.0. The van der Waals surface area contributed by atoms with Crippen molar-refractivity contribution in [2.24, 2.45) is 0 Å². The molecule has 2 heterocycles. The number of hydrogen-bond donors (Lipinski definition) is 1. The fraction of sp³-hybridized carbons (Fsp3) is 0.381. The molecule has 1 aromatic heterocycles. The second-order valence-electron chi connectivity index (χ2n) is 7.25. The fourth-order valence-corrected chi connectivity index (χ4v) is 5.47. The van der Waals surface area contributed by atoms with Crippen LogP contribution in [0.5, 0.6) is 5.75 Å². The number of nitrogens with zero attached hydrogens (tertiary/aromatic N) is 2. The van der Waals surface area contributed by atoms with Crippen LogP contribution in [0.2, 0.25) is 0 Å². The lowest BCUT2D eigenvalue weighted by Crippen LogP contribution is -2.22. The molecule has 1 aliphatic heterocycles. The lowest BCUT2D eigenvalue weighted by Gasteiger charge is -2.23. The Balaban J connectivity index is 1.43. The second-order valence-corrected chi connectivity index (χ2v) is 8.31. The molecule has 2 aliphatic rings. The number of rotatable bonds is 3. The first kappa shape index (κ1) is 15.4. The van der Waals surface area contributed by atoms with Gasteiger partial charge in [0.05, 0.1) is 16.3 Å². The van der Waals surface area contributed by atoms with Gasteiger partial charge in [-0.05, 0) is 68.0 Å². The molecule has 1 atom stereocenters. The van der Waals surface area contributed by atoms with E-state index in [1.54, 1.807) is 0 Å². The Bertz CT molecular complexity index is 900. The summed E-state index contributed by atoms with van der Waals surface area (Å²) < 4.78 is 1.27. The number of phenolic OH excluding ortho intramolecular Hbond substituents is 1. The van der Waals surface area contributed by atoms with Crippen molar-refractivity contribution in [3.05, 3.63) is 58.1 Å². The van der Waals surface area contributed by atoms with Crippen molar-refractivity contribution in [2.45, 2.75) is 44.7 Å². The molecule has 1 unspecified atom stereocenters. The first-order valence-corrected chi connectivity index (χ1v) is 10.0. The molecule has 25 heavy (non-hydrogen) atoms. The van der Waals surface area contributed by atoms with Gasteiger partial charge in [0.1, 0.15) is 10.8 Å². The number of thiazole rings is 1. The number of fused-ring (bicyclic) bond motifs is 2. The molecule has 1 saturated heterocycles. The topological polar surface area (TPSA) is 36.4 Å². The largest absolute Gasteiger partial charge is 0.508 e. The van der Waals surface area contributed by atoms with Crippen LogP contribution < -0.4 is 0 Å². The number of phenols is 1. The van der Waals surface area contributed by atoms with Gasteiger partial charge >= 0.3 is 0 Å². The average molecular weight is 350 g/mol. The Labute approximate surface area is 151 Å². The molecule has 1 aliphatic carbocycles. The van der Waals surface area contributed by atoms with Crippen LogP contribution in [0.3, 0.4) is 0 Å². The summed E-state index contributed by atoms with van der Waals surface area (Å²) >= 11 is 1.82. The van der Waals surface area contributed by atoms with E-state index in [4.69, 9.17) is 4.98 Å². The summed E-state index contributed by atoms with van der Waals surface area (Å²) in [5.41, 5.74) is 4.96. The molecular weight excluding hydrogens is 328 g/mol. The fourth-order valence-electron chi connectivity index (χ4n) is 4.34. The number of aromatic nitrogens is 1. The number of hydrogen-bond acceptors (Lipinski definition) is 4. The monoisotopic (exact) mass is 350 g/mol. The van der Waals surface area contributed by atoms with E-state index in [9.17, 15) is 5.11 Å². The molecule has 2 aromatic carbocycles. The second kappa shape index (κ2) is 6.11. The Kier molecular flexibility index (Phi) is 3.75. The van der Waals surface area contributed by atoms with Gasteiger partial charge < -0.3 is 5.11 Å². The minimum atomic E-state index is 0.380. The van der Waals surface area contributed by atoms with Crippen LogP contribution in [0.4, 0.5) is 0 Å². The van der Waals surface area contributed by atoms with Gasteiger partial charge in [0.25, 0.3) is 0 Å². The van der Waals surface area contributed by atoms with E-state index in [0.29, 0.717) is 11.8 Å². The molecule has 0 saturated carbocycles. The summed E-state index contributed by atoms with van der Waals surface area (Å²) in [4.78, 5) is 7.38. The van der Waals surface area contributed by atoms with Crippen LogP contribution in [-0.4, -0.2) is 21.5 Å². The molecule has 0 radical (unpaired) electrons. The number of aryl methyl sites for hydroxylation is 2. The van der Waals surface area contributed by atoms with E-state index in [2.05, 4.69) is 35.2 Å². The van der Waals surface area contributed by atoms with Crippen LogP contribution in [0.25, 0.3) is 10.2 Å². The first-order chi connectivity index (χ1) is 12.3. The van der Waals surface area contributed by atoms with Gasteiger partial charge in [0, 0.05) is 12.1 Å². The average Bonchev–Trinajstić information content (AvgIpc) is 3.33. The third kappa shape index (κ3) is 2.74. The van der Waals surface area contributed by atoms with Crippen molar-refractivity contribution in [1.82, 2.24) is 9.88 Å². The van der Waals surface area contributed by atoms with Gasteiger partial charge in [0.15, 0.2) is 0 Å². The molecule has 4 heteroatoms. The smallest absolute Gasteiger partial charge is 0.120 e. The number of likely N-dealkylation sites (tertiary alicyclic amines) is 1. The van der Waals surface area contributed by atoms with Gasteiger partial charge in [-0.2, -0.15) is 0 Å². The van der Waals surface area contributed by atoms with E-state index >= 15 is 0 Å². The summed E-state index contributed by atoms with van der Waals surface area (Å²) in [5, 5.41) is 11.7. The Hall–Kier alpha value is -1.91. The maximum absolute atomic E-state index is 10.5. The summed E-state index contributed by atoms with van der Waals surface area (Å²) in [7, 11) is 0. The predicted molar refractivity (Wildman–Crippen MR) is 102 cm³/mol. The molecule has 3 aromatic rings. The van der Waals surface area contributed by atoms with Gasteiger partial charge in [-0.25, -0.2) is 4.98 Å². The summed E-state index contributed by atoms with van der Waals surface area (Å²) in [6.45, 7) is 1.90. The maximum Gasteiger partial charge on any atom is 0.120 e. The summed E-state index contributed by atoms with van der Waals surface area (Å²) in [6.07, 6.45) is 5.85. The van der Waals surface area contributed by atoms with Crippen LogP contribution >= 0.6 is 11.3 Å². The van der Waals surface area contributed by atoms with Crippen molar-refractivity contribution >= 4 is 21.6 Å². The van der Waals surface area contributed by atoms with Crippen LogP contribution in [0.15, 0.2) is 36.4 Å². The standard InChI is InChI=1S/C21H22N2OS/c24-19-12-15-6-3-5-14(15)11-16(19)13-23-10-4-8-18(23)21-22-17-7-1-2-9-20(17)25-21/h1-2,7,9,11-12,18,24H,3-6,8,10,13H2. The number of para-hydroxylation sites is 1. The lowest BCUT2D eigenvalue weighted by molar-refractivity contribution is 0.245. The van der Waals surface area contributed by atoms with Crippen molar-refractivity contribution in [3.8, 4) is 5.75 Å². The Morgan fingerprint density at radius 3 is 2.84 bits per heavy atom. The first-order valence-electron chi connectivity index (χ1n) is 9.21. The zero-order valence-corrected chi connectivity index (χ0v) is 15.1. The summed E-state index contributed by atoms with van der Waals surface area (Å²) in [5.74, 6) is 0.468. The molecule has 5 rings (SSSR count). The minimum Gasteiger partial charge on any atom is -0.508 e. The van der Waals surface area contributed by atoms with Crippen LogP contribution in [0, 0.1) is 0 Å². The SMILES string of the molecule is Oc1cc2c(cc1CN1CCCC1c1nc3ccccc3s1)CCC2. The van der Waals surface area contributed by atoms with Crippen molar-refractivity contribution < 1.29 is 5.11 Å². The molecule has 1 fully saturated rings. The molecular formula is C21H22N2OS. The van der Waals surface area contributed by atoms with Crippen molar-refractivity contribution in [1.29, 1.82) is 0 Å². The van der Waals surface area contributed by atoms with Crippen molar-refractivity contribution in [2.75, 3.05) is 6.54 Å². The highest BCUT2D eigenvalue weighted by Crippen LogP contribution is 2.38. The third-order valence-corrected chi connectivity index (χ3v) is 6.76. The van der Waals surface area contributed by atoms with E-state index in [0.717, 1.165) is 43.4 Å². The number of aromatic hydroxyl groups is 1. The zero-order chi connectivity index (χ0) is 16.8. The van der Waals surface area contributed by atoms with Gasteiger partial charge in [-0.3, -0.25) is 4.90 Å². The number of benzene rings is 2. The van der Waals surface area contributed by atoms with E-state index < -0.39 is 0 Å². The molecule has 0 amide bonds.